The number of halogens is 1. The lowest BCUT2D eigenvalue weighted by atomic mass is 9.66. The monoisotopic (exact) mass is 557 g/mol. The molecule has 3 aliphatic heterocycles. The van der Waals surface area contributed by atoms with Gasteiger partial charge in [0.25, 0.3) is 0 Å². The summed E-state index contributed by atoms with van der Waals surface area (Å²) < 4.78 is 4.22. The van der Waals surface area contributed by atoms with Crippen LogP contribution in [0.15, 0.2) is 48.5 Å². The van der Waals surface area contributed by atoms with Crippen molar-refractivity contribution in [3.05, 3.63) is 53.6 Å². The van der Waals surface area contributed by atoms with Crippen LogP contribution in [0.4, 0.5) is 11.4 Å². The summed E-state index contributed by atoms with van der Waals surface area (Å²) in [5.41, 5.74) is 1.18. The third kappa shape index (κ3) is 4.34. The third-order valence-electron chi connectivity index (χ3n) is 8.03. The SMILES string of the molecule is CCOc1ccc(NC(=O)[C@H]2[C@H]3C(=O)N([C@H](C)CO)C(C(=O)Nc4ccc(Cl)cc4)C34CC[C@]2(C)S4)cc1. The number of rotatable bonds is 8. The summed E-state index contributed by atoms with van der Waals surface area (Å²) in [4.78, 5) is 43.1. The number of thioether (sulfide) groups is 1. The molecule has 1 spiro atoms. The highest BCUT2D eigenvalue weighted by molar-refractivity contribution is 8.02. The molecule has 0 saturated carbocycles. The van der Waals surface area contributed by atoms with Gasteiger partial charge in [-0.3, -0.25) is 14.4 Å². The molecular formula is C28H32ClN3O5S. The molecule has 3 saturated heterocycles. The van der Waals surface area contributed by atoms with Crippen LogP contribution in [0.3, 0.4) is 0 Å². The highest BCUT2D eigenvalue weighted by Crippen LogP contribution is 2.71. The molecule has 3 amide bonds. The first kappa shape index (κ1) is 26.8. The molecule has 38 heavy (non-hydrogen) atoms. The minimum absolute atomic E-state index is 0.237. The van der Waals surface area contributed by atoms with Crippen LogP contribution in [0.5, 0.6) is 5.75 Å². The van der Waals surface area contributed by atoms with Gasteiger partial charge in [0.05, 0.1) is 35.8 Å². The van der Waals surface area contributed by atoms with Crippen LogP contribution in [0.25, 0.3) is 0 Å². The van der Waals surface area contributed by atoms with E-state index in [1.165, 1.54) is 4.90 Å². The van der Waals surface area contributed by atoms with Gasteiger partial charge in [-0.25, -0.2) is 0 Å². The van der Waals surface area contributed by atoms with Gasteiger partial charge in [0.1, 0.15) is 11.8 Å². The van der Waals surface area contributed by atoms with Gasteiger partial charge in [0.2, 0.25) is 17.7 Å². The number of ether oxygens (including phenoxy) is 1. The van der Waals surface area contributed by atoms with Crippen molar-refractivity contribution in [3.63, 3.8) is 0 Å². The molecule has 5 rings (SSSR count). The van der Waals surface area contributed by atoms with E-state index >= 15 is 0 Å². The number of carbonyl (C=O) groups excluding carboxylic acids is 3. The van der Waals surface area contributed by atoms with Gasteiger partial charge >= 0.3 is 0 Å². The summed E-state index contributed by atoms with van der Waals surface area (Å²) >= 11 is 7.59. The minimum atomic E-state index is -0.826. The number of benzene rings is 2. The van der Waals surface area contributed by atoms with Crippen LogP contribution >= 0.6 is 23.4 Å². The van der Waals surface area contributed by atoms with E-state index in [-0.39, 0.29) is 24.3 Å². The van der Waals surface area contributed by atoms with Crippen molar-refractivity contribution in [2.24, 2.45) is 11.8 Å². The van der Waals surface area contributed by atoms with Crippen LogP contribution in [0.2, 0.25) is 5.02 Å². The average Bonchev–Trinajstić information content (AvgIpc) is 3.47. The van der Waals surface area contributed by atoms with E-state index in [0.717, 1.165) is 0 Å². The molecule has 0 aliphatic carbocycles. The maximum absolute atomic E-state index is 14.0. The van der Waals surface area contributed by atoms with Gasteiger partial charge < -0.3 is 25.4 Å². The summed E-state index contributed by atoms with van der Waals surface area (Å²) in [5, 5.41) is 16.5. The molecule has 2 aromatic rings. The first-order valence-electron chi connectivity index (χ1n) is 12.9. The van der Waals surface area contributed by atoms with E-state index in [9.17, 15) is 19.5 Å². The molecule has 8 nitrogen and oxygen atoms in total. The maximum Gasteiger partial charge on any atom is 0.248 e. The van der Waals surface area contributed by atoms with Crippen molar-refractivity contribution in [2.45, 2.75) is 55.2 Å². The van der Waals surface area contributed by atoms with Crippen LogP contribution < -0.4 is 15.4 Å². The van der Waals surface area contributed by atoms with Crippen molar-refractivity contribution in [3.8, 4) is 5.75 Å². The highest BCUT2D eigenvalue weighted by Gasteiger charge is 2.77. The zero-order valence-electron chi connectivity index (χ0n) is 21.6. The first-order valence-corrected chi connectivity index (χ1v) is 14.1. The molecule has 2 bridgehead atoms. The zero-order chi connectivity index (χ0) is 27.2. The fourth-order valence-electron chi connectivity index (χ4n) is 6.39. The minimum Gasteiger partial charge on any atom is -0.494 e. The molecule has 3 aliphatic rings. The zero-order valence-corrected chi connectivity index (χ0v) is 23.1. The molecule has 0 radical (unpaired) electrons. The summed E-state index contributed by atoms with van der Waals surface area (Å²) in [7, 11) is 0. The Morgan fingerprint density at radius 3 is 2.32 bits per heavy atom. The van der Waals surface area contributed by atoms with E-state index in [2.05, 4.69) is 10.6 Å². The number of hydrogen-bond acceptors (Lipinski definition) is 6. The van der Waals surface area contributed by atoms with Gasteiger partial charge in [-0.2, -0.15) is 0 Å². The molecule has 3 heterocycles. The lowest BCUT2D eigenvalue weighted by Crippen LogP contribution is -2.54. The number of hydrogen-bond donors (Lipinski definition) is 3. The molecule has 2 aromatic carbocycles. The second-order valence-electron chi connectivity index (χ2n) is 10.4. The fourth-order valence-corrected chi connectivity index (χ4v) is 8.86. The summed E-state index contributed by atoms with van der Waals surface area (Å²) in [6, 6.07) is 12.5. The second-order valence-corrected chi connectivity index (χ2v) is 12.8. The molecular weight excluding hydrogens is 526 g/mol. The lowest BCUT2D eigenvalue weighted by Gasteiger charge is -2.36. The van der Waals surface area contributed by atoms with Gasteiger partial charge in [0, 0.05) is 21.1 Å². The summed E-state index contributed by atoms with van der Waals surface area (Å²) in [6.07, 6.45) is 1.33. The van der Waals surface area contributed by atoms with Crippen molar-refractivity contribution in [2.75, 3.05) is 23.8 Å². The number of anilines is 2. The van der Waals surface area contributed by atoms with E-state index in [0.29, 0.717) is 41.6 Å². The van der Waals surface area contributed by atoms with Crippen LogP contribution in [0, 0.1) is 11.8 Å². The Kier molecular flexibility index (Phi) is 7.13. The number of amides is 3. The average molecular weight is 558 g/mol. The second kappa shape index (κ2) is 10.1. The third-order valence-corrected chi connectivity index (χ3v) is 10.3. The van der Waals surface area contributed by atoms with E-state index < -0.39 is 33.4 Å². The predicted octanol–water partition coefficient (Wildman–Crippen LogP) is 4.18. The number of likely N-dealkylation sites (tertiary alicyclic amines) is 1. The van der Waals surface area contributed by atoms with E-state index in [1.54, 1.807) is 67.2 Å². The summed E-state index contributed by atoms with van der Waals surface area (Å²) in [5.74, 6) is -1.41. The normalized spacial score (nSPS) is 30.2. The number of aliphatic hydroxyl groups excluding tert-OH is 1. The van der Waals surface area contributed by atoms with Crippen LogP contribution in [0.1, 0.15) is 33.6 Å². The predicted molar refractivity (Wildman–Crippen MR) is 148 cm³/mol. The largest absolute Gasteiger partial charge is 0.494 e. The van der Waals surface area contributed by atoms with Crippen molar-refractivity contribution in [1.82, 2.24) is 4.90 Å². The Bertz CT molecular complexity index is 1240. The first-order chi connectivity index (χ1) is 18.1. The quantitative estimate of drug-likeness (QED) is 0.449. The van der Waals surface area contributed by atoms with Gasteiger partial charge in [-0.1, -0.05) is 11.6 Å². The molecule has 3 N–H and O–H groups in total. The van der Waals surface area contributed by atoms with Gasteiger partial charge in [0.15, 0.2) is 0 Å². The van der Waals surface area contributed by atoms with Crippen LogP contribution in [-0.2, 0) is 14.4 Å². The Morgan fingerprint density at radius 2 is 1.71 bits per heavy atom. The van der Waals surface area contributed by atoms with Crippen molar-refractivity contribution >= 4 is 52.5 Å². The highest BCUT2D eigenvalue weighted by atomic mass is 35.5. The Labute approximate surface area is 231 Å². The lowest BCUT2D eigenvalue weighted by molar-refractivity contribution is -0.141. The topological polar surface area (TPSA) is 108 Å². The molecule has 10 heteroatoms. The number of nitrogens with one attached hydrogen (secondary N) is 2. The van der Waals surface area contributed by atoms with Gasteiger partial charge in [-0.05, 0) is 82.1 Å². The van der Waals surface area contributed by atoms with E-state index in [4.69, 9.17) is 16.3 Å². The molecule has 6 atom stereocenters. The van der Waals surface area contributed by atoms with E-state index in [1.807, 2.05) is 13.8 Å². The number of fused-ring (bicyclic) bond motifs is 1. The standard InChI is InChI=1S/C28H32ClN3O5S/c1-4-37-20-11-9-19(10-12-20)30-24(34)21-22-26(36)32(16(2)15-33)23(28(22)14-13-27(21,3)38-28)25(35)31-18-7-5-17(29)6-8-18/h5-12,16,21-23,33H,4,13-15H2,1-3H3,(H,30,34)(H,31,35)/t16-,21-,22+,23?,27+,28?/m1/s1. The Morgan fingerprint density at radius 1 is 1.11 bits per heavy atom. The maximum atomic E-state index is 14.0. The molecule has 0 aromatic heterocycles. The fraction of sp³-hybridized carbons (Fsp3) is 0.464. The Balaban J connectivity index is 1.46. The van der Waals surface area contributed by atoms with Crippen LogP contribution in [-0.4, -0.2) is 62.5 Å². The smallest absolute Gasteiger partial charge is 0.248 e. The molecule has 202 valence electrons. The molecule has 2 unspecified atom stereocenters. The number of nitrogens with zero attached hydrogens (tertiary/aromatic N) is 1. The van der Waals surface area contributed by atoms with Crippen molar-refractivity contribution < 1.29 is 24.2 Å². The summed E-state index contributed by atoms with van der Waals surface area (Å²) in [6.45, 7) is 5.91. The Hall–Kier alpha value is -2.75. The van der Waals surface area contributed by atoms with Crippen molar-refractivity contribution in [1.29, 1.82) is 0 Å². The number of carbonyl (C=O) groups is 3. The molecule has 3 fully saturated rings. The van der Waals surface area contributed by atoms with Gasteiger partial charge in [-0.15, -0.1) is 11.8 Å². The number of aliphatic hydroxyl groups is 1.